The third-order valence-corrected chi connectivity index (χ3v) is 2.77. The minimum atomic E-state index is 0.368. The molecule has 0 aliphatic heterocycles. The predicted molar refractivity (Wildman–Crippen MR) is 56.7 cm³/mol. The summed E-state index contributed by atoms with van der Waals surface area (Å²) in [6.45, 7) is 4.00. The number of ketones is 1. The van der Waals surface area contributed by atoms with Crippen LogP contribution >= 0.6 is 15.9 Å². The van der Waals surface area contributed by atoms with Gasteiger partial charge in [0.05, 0.1) is 5.33 Å². The van der Waals surface area contributed by atoms with Crippen molar-refractivity contribution in [3.63, 3.8) is 0 Å². The van der Waals surface area contributed by atoms with Crippen molar-refractivity contribution in [2.45, 2.75) is 46.0 Å². The fraction of sp³-hybridized carbons (Fsp3) is 0.900. The molecule has 0 spiro atoms. The standard InChI is InChI=1S/C8H13BrO.C2H6/c9-6-8(10)5-7-3-1-2-4-7;1-2/h7H,1-6H2;1-2H3. The smallest absolute Gasteiger partial charge is 0.143 e. The lowest BCUT2D eigenvalue weighted by Gasteiger charge is -2.04. The van der Waals surface area contributed by atoms with Crippen molar-refractivity contribution in [2.24, 2.45) is 5.92 Å². The molecule has 0 aromatic heterocycles. The summed E-state index contributed by atoms with van der Waals surface area (Å²) in [6.07, 6.45) is 6.03. The van der Waals surface area contributed by atoms with E-state index in [2.05, 4.69) is 15.9 Å². The maximum absolute atomic E-state index is 10.9. The van der Waals surface area contributed by atoms with Gasteiger partial charge in [-0.1, -0.05) is 55.5 Å². The molecular weight excluding hydrogens is 216 g/mol. The molecule has 0 atom stereocenters. The summed E-state index contributed by atoms with van der Waals surface area (Å²) in [4.78, 5) is 10.9. The number of Topliss-reactive ketones (excluding diaryl/α,β-unsaturated/α-hetero) is 1. The van der Waals surface area contributed by atoms with Crippen molar-refractivity contribution in [1.82, 2.24) is 0 Å². The van der Waals surface area contributed by atoms with Gasteiger partial charge in [0.2, 0.25) is 0 Å². The third-order valence-electron chi connectivity index (χ3n) is 2.14. The Bertz CT molecular complexity index is 117. The minimum absolute atomic E-state index is 0.368. The normalized spacial score (nSPS) is 16.9. The molecule has 0 N–H and O–H groups in total. The second kappa shape index (κ2) is 7.78. The van der Waals surface area contributed by atoms with Gasteiger partial charge in [-0.15, -0.1) is 0 Å². The molecule has 0 radical (unpaired) electrons. The van der Waals surface area contributed by atoms with Gasteiger partial charge < -0.3 is 0 Å². The first-order valence-corrected chi connectivity index (χ1v) is 6.02. The van der Waals surface area contributed by atoms with E-state index in [1.54, 1.807) is 0 Å². The number of rotatable bonds is 3. The zero-order valence-corrected chi connectivity index (χ0v) is 9.69. The first-order chi connectivity index (χ1) is 5.83. The van der Waals surface area contributed by atoms with E-state index in [-0.39, 0.29) is 0 Å². The number of carbonyl (C=O) groups is 1. The van der Waals surface area contributed by atoms with Gasteiger partial charge in [0.15, 0.2) is 0 Å². The van der Waals surface area contributed by atoms with E-state index in [4.69, 9.17) is 0 Å². The summed E-state index contributed by atoms with van der Waals surface area (Å²) >= 11 is 3.17. The Morgan fingerprint density at radius 3 is 2.25 bits per heavy atom. The number of hydrogen-bond donors (Lipinski definition) is 0. The van der Waals surface area contributed by atoms with Gasteiger partial charge in [0, 0.05) is 6.42 Å². The fourth-order valence-electron chi connectivity index (χ4n) is 1.59. The molecule has 0 amide bonds. The summed E-state index contributed by atoms with van der Waals surface area (Å²) in [6, 6.07) is 0. The van der Waals surface area contributed by atoms with Crippen LogP contribution in [0.15, 0.2) is 0 Å². The van der Waals surface area contributed by atoms with Gasteiger partial charge in [-0.2, -0.15) is 0 Å². The van der Waals surface area contributed by atoms with Gasteiger partial charge in [-0.05, 0) is 5.92 Å². The first-order valence-electron chi connectivity index (χ1n) is 4.90. The van der Waals surface area contributed by atoms with Crippen LogP contribution < -0.4 is 0 Å². The highest BCUT2D eigenvalue weighted by molar-refractivity contribution is 9.09. The molecule has 0 unspecified atom stereocenters. The topological polar surface area (TPSA) is 17.1 Å². The average Bonchev–Trinajstić information content (AvgIpc) is 2.60. The number of carbonyl (C=O) groups excluding carboxylic acids is 1. The largest absolute Gasteiger partial charge is 0.299 e. The zero-order valence-electron chi connectivity index (χ0n) is 8.11. The molecule has 1 fully saturated rings. The van der Waals surface area contributed by atoms with Crippen LogP contribution in [0.3, 0.4) is 0 Å². The van der Waals surface area contributed by atoms with Gasteiger partial charge in [0.1, 0.15) is 5.78 Å². The lowest BCUT2D eigenvalue weighted by atomic mass is 10.0. The highest BCUT2D eigenvalue weighted by Crippen LogP contribution is 2.27. The van der Waals surface area contributed by atoms with Crippen LogP contribution in [-0.4, -0.2) is 11.1 Å². The van der Waals surface area contributed by atoms with Crippen molar-refractivity contribution >= 4 is 21.7 Å². The second-order valence-corrected chi connectivity index (χ2v) is 3.59. The van der Waals surface area contributed by atoms with E-state index in [0.717, 1.165) is 6.42 Å². The Labute approximate surface area is 84.1 Å². The number of hydrogen-bond acceptors (Lipinski definition) is 1. The van der Waals surface area contributed by atoms with Crippen LogP contribution in [0.5, 0.6) is 0 Å². The fourth-order valence-corrected chi connectivity index (χ4v) is 1.82. The molecule has 1 rings (SSSR count). The zero-order chi connectivity index (χ0) is 9.40. The van der Waals surface area contributed by atoms with Crippen LogP contribution in [0.1, 0.15) is 46.0 Å². The molecule has 0 aromatic carbocycles. The van der Waals surface area contributed by atoms with Crippen molar-refractivity contribution in [3.05, 3.63) is 0 Å². The lowest BCUT2D eigenvalue weighted by Crippen LogP contribution is -2.05. The Morgan fingerprint density at radius 2 is 1.83 bits per heavy atom. The van der Waals surface area contributed by atoms with Crippen LogP contribution in [-0.2, 0) is 4.79 Å². The van der Waals surface area contributed by atoms with E-state index in [9.17, 15) is 4.79 Å². The molecule has 0 bridgehead atoms. The number of alkyl halides is 1. The third kappa shape index (κ3) is 4.91. The summed E-state index contributed by atoms with van der Waals surface area (Å²) < 4.78 is 0. The minimum Gasteiger partial charge on any atom is -0.299 e. The maximum atomic E-state index is 10.9. The summed E-state index contributed by atoms with van der Waals surface area (Å²) in [5.74, 6) is 1.08. The van der Waals surface area contributed by atoms with E-state index in [1.165, 1.54) is 25.7 Å². The van der Waals surface area contributed by atoms with Crippen molar-refractivity contribution in [3.8, 4) is 0 Å². The SMILES string of the molecule is CC.O=C(CBr)CC1CCCC1. The van der Waals surface area contributed by atoms with Crippen LogP contribution in [0, 0.1) is 5.92 Å². The van der Waals surface area contributed by atoms with Crippen molar-refractivity contribution < 1.29 is 4.79 Å². The molecule has 2 heteroatoms. The second-order valence-electron chi connectivity index (χ2n) is 3.03. The molecule has 72 valence electrons. The molecule has 1 saturated carbocycles. The molecule has 1 nitrogen and oxygen atoms in total. The highest BCUT2D eigenvalue weighted by Gasteiger charge is 2.17. The first kappa shape index (κ1) is 12.2. The lowest BCUT2D eigenvalue weighted by molar-refractivity contribution is -0.117. The van der Waals surface area contributed by atoms with Gasteiger partial charge in [-0.25, -0.2) is 0 Å². The van der Waals surface area contributed by atoms with E-state index in [0.29, 0.717) is 17.0 Å². The van der Waals surface area contributed by atoms with Crippen LogP contribution in [0.2, 0.25) is 0 Å². The summed E-state index contributed by atoms with van der Waals surface area (Å²) in [5, 5.41) is 0.545. The Balaban J connectivity index is 0.000000561. The Kier molecular flexibility index (Phi) is 7.88. The van der Waals surface area contributed by atoms with E-state index < -0.39 is 0 Å². The molecule has 0 heterocycles. The Hall–Kier alpha value is 0.150. The Morgan fingerprint density at radius 1 is 1.33 bits per heavy atom. The quantitative estimate of drug-likeness (QED) is 0.683. The highest BCUT2D eigenvalue weighted by atomic mass is 79.9. The maximum Gasteiger partial charge on any atom is 0.143 e. The molecule has 12 heavy (non-hydrogen) atoms. The average molecular weight is 235 g/mol. The molecule has 1 aliphatic rings. The van der Waals surface area contributed by atoms with Crippen LogP contribution in [0.4, 0.5) is 0 Å². The van der Waals surface area contributed by atoms with Crippen LogP contribution in [0.25, 0.3) is 0 Å². The predicted octanol–water partition coefficient (Wildman–Crippen LogP) is 3.56. The van der Waals surface area contributed by atoms with Gasteiger partial charge in [-0.3, -0.25) is 4.79 Å². The van der Waals surface area contributed by atoms with E-state index >= 15 is 0 Å². The van der Waals surface area contributed by atoms with Gasteiger partial charge in [0.25, 0.3) is 0 Å². The molecule has 0 saturated heterocycles. The molecule has 0 aromatic rings. The summed E-state index contributed by atoms with van der Waals surface area (Å²) in [5.41, 5.74) is 0. The van der Waals surface area contributed by atoms with Gasteiger partial charge >= 0.3 is 0 Å². The number of halogens is 1. The monoisotopic (exact) mass is 234 g/mol. The molecular formula is C10H19BrO. The molecule has 1 aliphatic carbocycles. The van der Waals surface area contributed by atoms with E-state index in [1.807, 2.05) is 13.8 Å². The summed E-state index contributed by atoms with van der Waals surface area (Å²) in [7, 11) is 0. The van der Waals surface area contributed by atoms with Crippen molar-refractivity contribution in [1.29, 1.82) is 0 Å². The van der Waals surface area contributed by atoms with Crippen molar-refractivity contribution in [2.75, 3.05) is 5.33 Å².